The number of rotatable bonds is 3. The summed E-state index contributed by atoms with van der Waals surface area (Å²) < 4.78 is 0. The average Bonchev–Trinajstić information content (AvgIpc) is 3.31. The third kappa shape index (κ3) is 2.46. The molecule has 1 aromatic heterocycles. The van der Waals surface area contributed by atoms with E-state index in [0.717, 1.165) is 62.9 Å². The molecule has 3 aliphatic rings. The van der Waals surface area contributed by atoms with Gasteiger partial charge in [-0.3, -0.25) is 4.79 Å². The lowest BCUT2D eigenvalue weighted by Crippen LogP contribution is -2.45. The summed E-state index contributed by atoms with van der Waals surface area (Å²) in [5, 5.41) is 0. The number of piperidine rings is 1. The number of likely N-dealkylation sites (tertiary alicyclic amines) is 1. The molecule has 0 aromatic carbocycles. The van der Waals surface area contributed by atoms with Crippen LogP contribution >= 0.6 is 0 Å². The largest absolute Gasteiger partial charge is 0.342 e. The van der Waals surface area contributed by atoms with Crippen LogP contribution in [0.1, 0.15) is 37.7 Å². The Hall–Kier alpha value is -1.65. The van der Waals surface area contributed by atoms with E-state index in [2.05, 4.69) is 19.8 Å². The summed E-state index contributed by atoms with van der Waals surface area (Å²) in [6.07, 6.45) is 9.30. The van der Waals surface area contributed by atoms with Gasteiger partial charge in [0, 0.05) is 38.6 Å². The highest BCUT2D eigenvalue weighted by atomic mass is 16.2. The van der Waals surface area contributed by atoms with Crippen molar-refractivity contribution in [3.8, 4) is 0 Å². The minimum absolute atomic E-state index is 0.0872. The van der Waals surface area contributed by atoms with Gasteiger partial charge in [-0.25, -0.2) is 9.97 Å². The molecule has 22 heavy (non-hydrogen) atoms. The predicted molar refractivity (Wildman–Crippen MR) is 84.6 cm³/mol. The van der Waals surface area contributed by atoms with Crippen molar-refractivity contribution < 1.29 is 4.79 Å². The fourth-order valence-electron chi connectivity index (χ4n) is 3.83. The third-order valence-corrected chi connectivity index (χ3v) is 5.55. The standard InChI is InChI=1S/C17H24N4O/c1-13-10-18-16(19-11-13)20-7-4-17(5-8-20)6-9-21(15(17)22)12-14-2-3-14/h10-11,14H,2-9,12H2,1H3. The molecule has 0 radical (unpaired) electrons. The maximum atomic E-state index is 12.8. The Morgan fingerprint density at radius 2 is 1.77 bits per heavy atom. The number of carbonyl (C=O) groups excluding carboxylic acids is 1. The van der Waals surface area contributed by atoms with Gasteiger partial charge < -0.3 is 9.80 Å². The molecule has 0 unspecified atom stereocenters. The summed E-state index contributed by atoms with van der Waals surface area (Å²) >= 11 is 0. The summed E-state index contributed by atoms with van der Waals surface area (Å²) in [7, 11) is 0. The van der Waals surface area contributed by atoms with E-state index in [9.17, 15) is 4.79 Å². The first-order valence-electron chi connectivity index (χ1n) is 8.49. The Morgan fingerprint density at radius 1 is 1.14 bits per heavy atom. The molecule has 2 saturated heterocycles. The number of hydrogen-bond donors (Lipinski definition) is 0. The van der Waals surface area contributed by atoms with Gasteiger partial charge in [-0.2, -0.15) is 0 Å². The van der Waals surface area contributed by atoms with Gasteiger partial charge in [0.1, 0.15) is 0 Å². The topological polar surface area (TPSA) is 49.3 Å². The highest BCUT2D eigenvalue weighted by Crippen LogP contribution is 2.43. The van der Waals surface area contributed by atoms with Gasteiger partial charge >= 0.3 is 0 Å². The predicted octanol–water partition coefficient (Wildman–Crippen LogP) is 2.01. The Kier molecular flexibility index (Phi) is 3.31. The molecule has 1 aliphatic carbocycles. The highest BCUT2D eigenvalue weighted by Gasteiger charge is 2.49. The number of anilines is 1. The van der Waals surface area contributed by atoms with Crippen LogP contribution in [0, 0.1) is 18.3 Å². The van der Waals surface area contributed by atoms with Crippen molar-refractivity contribution in [2.24, 2.45) is 11.3 Å². The fraction of sp³-hybridized carbons (Fsp3) is 0.706. The monoisotopic (exact) mass is 300 g/mol. The molecule has 0 bridgehead atoms. The fourth-order valence-corrected chi connectivity index (χ4v) is 3.83. The first kappa shape index (κ1) is 14.0. The van der Waals surface area contributed by atoms with Crippen LogP contribution in [0.2, 0.25) is 0 Å². The first-order valence-corrected chi connectivity index (χ1v) is 8.49. The summed E-state index contributed by atoms with van der Waals surface area (Å²) in [6, 6.07) is 0. The van der Waals surface area contributed by atoms with Crippen LogP contribution in [-0.2, 0) is 4.79 Å². The second kappa shape index (κ2) is 5.21. The molecule has 1 aromatic rings. The highest BCUT2D eigenvalue weighted by molar-refractivity contribution is 5.85. The number of nitrogens with zero attached hydrogens (tertiary/aromatic N) is 4. The Morgan fingerprint density at radius 3 is 2.41 bits per heavy atom. The van der Waals surface area contributed by atoms with E-state index in [4.69, 9.17) is 0 Å². The molecule has 1 saturated carbocycles. The van der Waals surface area contributed by atoms with Crippen LogP contribution in [0.25, 0.3) is 0 Å². The number of amides is 1. The van der Waals surface area contributed by atoms with Crippen molar-refractivity contribution in [2.75, 3.05) is 31.1 Å². The molecule has 3 heterocycles. The van der Waals surface area contributed by atoms with Gasteiger partial charge in [-0.1, -0.05) is 0 Å². The summed E-state index contributed by atoms with van der Waals surface area (Å²) in [5.74, 6) is 2.02. The Labute approximate surface area is 131 Å². The lowest BCUT2D eigenvalue weighted by Gasteiger charge is -2.38. The number of aryl methyl sites for hydroxylation is 1. The summed E-state index contributed by atoms with van der Waals surface area (Å²) in [5.41, 5.74) is 0.995. The lowest BCUT2D eigenvalue weighted by atomic mass is 9.77. The quantitative estimate of drug-likeness (QED) is 0.857. The molecular formula is C17H24N4O. The van der Waals surface area contributed by atoms with Crippen LogP contribution in [0.15, 0.2) is 12.4 Å². The van der Waals surface area contributed by atoms with Crippen LogP contribution in [0.4, 0.5) is 5.95 Å². The second-order valence-electron chi connectivity index (χ2n) is 7.27. The van der Waals surface area contributed by atoms with Crippen molar-refractivity contribution in [2.45, 2.75) is 39.0 Å². The normalized spacial score (nSPS) is 24.3. The molecule has 3 fully saturated rings. The zero-order valence-electron chi connectivity index (χ0n) is 13.3. The van der Waals surface area contributed by atoms with Crippen molar-refractivity contribution in [3.05, 3.63) is 18.0 Å². The van der Waals surface area contributed by atoms with Crippen molar-refractivity contribution >= 4 is 11.9 Å². The Bertz CT molecular complexity index is 559. The first-order chi connectivity index (χ1) is 10.7. The van der Waals surface area contributed by atoms with Gasteiger partial charge in [0.2, 0.25) is 11.9 Å². The number of hydrogen-bond acceptors (Lipinski definition) is 4. The van der Waals surface area contributed by atoms with E-state index < -0.39 is 0 Å². The molecule has 5 heteroatoms. The minimum atomic E-state index is -0.0872. The zero-order valence-corrected chi connectivity index (χ0v) is 13.3. The maximum Gasteiger partial charge on any atom is 0.229 e. The SMILES string of the molecule is Cc1cnc(N2CCC3(CCN(CC4CC4)C3=O)CC2)nc1. The molecule has 0 N–H and O–H groups in total. The molecule has 1 spiro atoms. The van der Waals surface area contributed by atoms with Gasteiger partial charge in [0.25, 0.3) is 0 Å². The van der Waals surface area contributed by atoms with E-state index in [1.54, 1.807) is 0 Å². The van der Waals surface area contributed by atoms with Crippen LogP contribution in [0.3, 0.4) is 0 Å². The molecular weight excluding hydrogens is 276 g/mol. The molecule has 0 atom stereocenters. The van der Waals surface area contributed by atoms with Gasteiger partial charge in [0.05, 0.1) is 5.41 Å². The Balaban J connectivity index is 1.40. The zero-order chi connectivity index (χ0) is 15.2. The van der Waals surface area contributed by atoms with Crippen molar-refractivity contribution in [1.29, 1.82) is 0 Å². The second-order valence-corrected chi connectivity index (χ2v) is 7.27. The molecule has 5 nitrogen and oxygen atoms in total. The van der Waals surface area contributed by atoms with Crippen LogP contribution < -0.4 is 4.90 Å². The van der Waals surface area contributed by atoms with Gasteiger partial charge in [-0.05, 0) is 50.5 Å². The third-order valence-electron chi connectivity index (χ3n) is 5.55. The van der Waals surface area contributed by atoms with E-state index >= 15 is 0 Å². The van der Waals surface area contributed by atoms with Gasteiger partial charge in [-0.15, -0.1) is 0 Å². The summed E-state index contributed by atoms with van der Waals surface area (Å²) in [6.45, 7) is 5.76. The maximum absolute atomic E-state index is 12.8. The number of carbonyl (C=O) groups is 1. The van der Waals surface area contributed by atoms with E-state index in [0.29, 0.717) is 5.91 Å². The van der Waals surface area contributed by atoms with Crippen LogP contribution in [0.5, 0.6) is 0 Å². The van der Waals surface area contributed by atoms with Crippen molar-refractivity contribution in [3.63, 3.8) is 0 Å². The van der Waals surface area contributed by atoms with Crippen LogP contribution in [-0.4, -0.2) is 47.0 Å². The minimum Gasteiger partial charge on any atom is -0.342 e. The molecule has 2 aliphatic heterocycles. The van der Waals surface area contributed by atoms with E-state index in [-0.39, 0.29) is 5.41 Å². The molecule has 4 rings (SSSR count). The lowest BCUT2D eigenvalue weighted by molar-refractivity contribution is -0.137. The van der Waals surface area contributed by atoms with E-state index in [1.807, 2.05) is 19.3 Å². The molecule has 118 valence electrons. The average molecular weight is 300 g/mol. The van der Waals surface area contributed by atoms with E-state index in [1.165, 1.54) is 12.8 Å². The summed E-state index contributed by atoms with van der Waals surface area (Å²) in [4.78, 5) is 26.0. The van der Waals surface area contributed by atoms with Gasteiger partial charge in [0.15, 0.2) is 0 Å². The number of aromatic nitrogens is 2. The molecule has 1 amide bonds. The smallest absolute Gasteiger partial charge is 0.229 e. The van der Waals surface area contributed by atoms with Crippen molar-refractivity contribution in [1.82, 2.24) is 14.9 Å².